The van der Waals surface area contributed by atoms with Gasteiger partial charge in [0, 0.05) is 17.7 Å². The molecule has 1 unspecified atom stereocenters. The molecule has 0 saturated heterocycles. The molecule has 2 aromatic rings. The topological polar surface area (TPSA) is 21.3 Å². The van der Waals surface area contributed by atoms with E-state index in [-0.39, 0.29) is 11.9 Å². The number of hydrogen-bond donors (Lipinski definition) is 1. The van der Waals surface area contributed by atoms with Crippen molar-refractivity contribution in [3.05, 3.63) is 52.0 Å². The van der Waals surface area contributed by atoms with Crippen molar-refractivity contribution in [3.63, 3.8) is 0 Å². The molecule has 0 bridgehead atoms. The first-order valence-corrected chi connectivity index (χ1v) is 7.31. The second-order valence-electron chi connectivity index (χ2n) is 4.38. The Hall–Kier alpha value is -1.39. The fourth-order valence-electron chi connectivity index (χ4n) is 1.94. The lowest BCUT2D eigenvalue weighted by Crippen LogP contribution is -2.18. The predicted octanol–water partition coefficient (Wildman–Crippen LogP) is 4.14. The van der Waals surface area contributed by atoms with Crippen LogP contribution in [0.1, 0.15) is 31.0 Å². The average Bonchev–Trinajstić information content (AvgIpc) is 2.89. The first kappa shape index (κ1) is 14.0. The second kappa shape index (κ2) is 6.68. The van der Waals surface area contributed by atoms with Crippen molar-refractivity contribution >= 4 is 11.3 Å². The van der Waals surface area contributed by atoms with E-state index >= 15 is 0 Å². The molecule has 1 heterocycles. The largest absolute Gasteiger partial charge is 0.488 e. The molecule has 1 N–H and O–H groups in total. The minimum absolute atomic E-state index is 0.142. The van der Waals surface area contributed by atoms with E-state index in [2.05, 4.69) is 5.32 Å². The van der Waals surface area contributed by atoms with Crippen LogP contribution in [0.3, 0.4) is 0 Å². The highest BCUT2D eigenvalue weighted by Crippen LogP contribution is 2.27. The van der Waals surface area contributed by atoms with Gasteiger partial charge in [-0.15, -0.1) is 0 Å². The van der Waals surface area contributed by atoms with Crippen LogP contribution in [0.15, 0.2) is 35.0 Å². The monoisotopic (exact) mass is 279 g/mol. The standard InChI is InChI=1S/C15H18FNOS/c1-3-17-11(2)14-5-4-13(16)8-15(14)18-9-12-6-7-19-10-12/h4-8,10-11,17H,3,9H2,1-2H3. The van der Waals surface area contributed by atoms with E-state index in [1.165, 1.54) is 12.1 Å². The van der Waals surface area contributed by atoms with Crippen LogP contribution in [-0.2, 0) is 6.61 Å². The molecule has 0 amide bonds. The zero-order valence-electron chi connectivity index (χ0n) is 11.2. The van der Waals surface area contributed by atoms with Crippen LogP contribution in [-0.4, -0.2) is 6.54 Å². The number of halogens is 1. The first-order valence-electron chi connectivity index (χ1n) is 6.37. The van der Waals surface area contributed by atoms with Gasteiger partial charge in [0.25, 0.3) is 0 Å². The summed E-state index contributed by atoms with van der Waals surface area (Å²) < 4.78 is 19.1. The van der Waals surface area contributed by atoms with Crippen molar-refractivity contribution in [2.75, 3.05) is 6.54 Å². The summed E-state index contributed by atoms with van der Waals surface area (Å²) in [6, 6.07) is 6.86. The van der Waals surface area contributed by atoms with Crippen LogP contribution >= 0.6 is 11.3 Å². The molecule has 1 aromatic carbocycles. The lowest BCUT2D eigenvalue weighted by Gasteiger charge is -2.17. The molecule has 0 aliphatic heterocycles. The minimum Gasteiger partial charge on any atom is -0.488 e. The Morgan fingerprint density at radius 3 is 2.89 bits per heavy atom. The molecular formula is C15H18FNOS. The summed E-state index contributed by atoms with van der Waals surface area (Å²) in [6.07, 6.45) is 0. The zero-order chi connectivity index (χ0) is 13.7. The molecule has 2 rings (SSSR count). The van der Waals surface area contributed by atoms with E-state index in [1.54, 1.807) is 17.4 Å². The molecule has 1 atom stereocenters. The number of ether oxygens (including phenoxy) is 1. The average molecular weight is 279 g/mol. The number of thiophene rings is 1. The lowest BCUT2D eigenvalue weighted by molar-refractivity contribution is 0.298. The lowest BCUT2D eigenvalue weighted by atomic mass is 10.1. The maximum atomic E-state index is 13.4. The molecule has 0 radical (unpaired) electrons. The van der Waals surface area contributed by atoms with Gasteiger partial charge in [0.1, 0.15) is 18.2 Å². The van der Waals surface area contributed by atoms with Crippen LogP contribution in [0.4, 0.5) is 4.39 Å². The highest BCUT2D eigenvalue weighted by atomic mass is 32.1. The number of hydrogen-bond acceptors (Lipinski definition) is 3. The van der Waals surface area contributed by atoms with E-state index in [0.29, 0.717) is 12.4 Å². The van der Waals surface area contributed by atoms with Crippen molar-refractivity contribution < 1.29 is 9.13 Å². The van der Waals surface area contributed by atoms with Crippen LogP contribution in [0.5, 0.6) is 5.75 Å². The van der Waals surface area contributed by atoms with Gasteiger partial charge in [-0.05, 0) is 41.9 Å². The Kier molecular flexibility index (Phi) is 4.93. The van der Waals surface area contributed by atoms with Gasteiger partial charge < -0.3 is 10.1 Å². The van der Waals surface area contributed by atoms with Gasteiger partial charge in [-0.1, -0.05) is 13.0 Å². The predicted molar refractivity (Wildman–Crippen MR) is 77.1 cm³/mol. The Labute approximate surface area is 117 Å². The molecule has 0 saturated carbocycles. The van der Waals surface area contributed by atoms with Gasteiger partial charge in [-0.25, -0.2) is 4.39 Å². The number of benzene rings is 1. The van der Waals surface area contributed by atoms with Crippen LogP contribution in [0.2, 0.25) is 0 Å². The fraction of sp³-hybridized carbons (Fsp3) is 0.333. The molecule has 2 nitrogen and oxygen atoms in total. The smallest absolute Gasteiger partial charge is 0.127 e. The number of rotatable bonds is 6. The first-order chi connectivity index (χ1) is 9.20. The Balaban J connectivity index is 2.14. The quantitative estimate of drug-likeness (QED) is 0.858. The SMILES string of the molecule is CCNC(C)c1ccc(F)cc1OCc1ccsc1. The third kappa shape index (κ3) is 3.78. The molecule has 0 aliphatic carbocycles. The van der Waals surface area contributed by atoms with Gasteiger partial charge in [-0.3, -0.25) is 0 Å². The third-order valence-electron chi connectivity index (χ3n) is 2.93. The van der Waals surface area contributed by atoms with E-state index < -0.39 is 0 Å². The van der Waals surface area contributed by atoms with Crippen LogP contribution < -0.4 is 10.1 Å². The third-order valence-corrected chi connectivity index (χ3v) is 3.66. The van der Waals surface area contributed by atoms with Crippen molar-refractivity contribution in [2.45, 2.75) is 26.5 Å². The molecule has 0 spiro atoms. The van der Waals surface area contributed by atoms with Crippen molar-refractivity contribution in [3.8, 4) is 5.75 Å². The van der Waals surface area contributed by atoms with Crippen molar-refractivity contribution in [1.29, 1.82) is 0 Å². The molecule has 19 heavy (non-hydrogen) atoms. The van der Waals surface area contributed by atoms with Gasteiger partial charge in [0.2, 0.25) is 0 Å². The molecule has 4 heteroatoms. The summed E-state index contributed by atoms with van der Waals surface area (Å²) in [5, 5.41) is 7.36. The number of nitrogens with one attached hydrogen (secondary N) is 1. The molecule has 0 fully saturated rings. The van der Waals surface area contributed by atoms with E-state index in [1.807, 2.05) is 30.7 Å². The van der Waals surface area contributed by atoms with Gasteiger partial charge in [0.05, 0.1) is 0 Å². The summed E-state index contributed by atoms with van der Waals surface area (Å²) in [5.74, 6) is 0.340. The highest BCUT2D eigenvalue weighted by molar-refractivity contribution is 7.07. The minimum atomic E-state index is -0.271. The Bertz CT molecular complexity index is 513. The summed E-state index contributed by atoms with van der Waals surface area (Å²) in [5.41, 5.74) is 2.09. The summed E-state index contributed by atoms with van der Waals surface area (Å²) in [4.78, 5) is 0. The van der Waals surface area contributed by atoms with Gasteiger partial charge in [-0.2, -0.15) is 11.3 Å². The molecule has 102 valence electrons. The molecular weight excluding hydrogens is 261 g/mol. The van der Waals surface area contributed by atoms with Crippen molar-refractivity contribution in [2.24, 2.45) is 0 Å². The van der Waals surface area contributed by atoms with Crippen molar-refractivity contribution in [1.82, 2.24) is 5.32 Å². The maximum Gasteiger partial charge on any atom is 0.127 e. The Morgan fingerprint density at radius 1 is 1.37 bits per heavy atom. The summed E-state index contributed by atoms with van der Waals surface area (Å²) in [6.45, 7) is 5.43. The van der Waals surface area contributed by atoms with Gasteiger partial charge in [0.15, 0.2) is 0 Å². The van der Waals surface area contributed by atoms with Crippen LogP contribution in [0, 0.1) is 5.82 Å². The second-order valence-corrected chi connectivity index (χ2v) is 5.16. The van der Waals surface area contributed by atoms with E-state index in [0.717, 1.165) is 17.7 Å². The molecule has 1 aromatic heterocycles. The van der Waals surface area contributed by atoms with Gasteiger partial charge >= 0.3 is 0 Å². The Morgan fingerprint density at radius 2 is 2.21 bits per heavy atom. The zero-order valence-corrected chi connectivity index (χ0v) is 12.0. The molecule has 0 aliphatic rings. The fourth-order valence-corrected chi connectivity index (χ4v) is 2.60. The van der Waals surface area contributed by atoms with Crippen LogP contribution in [0.25, 0.3) is 0 Å². The summed E-state index contributed by atoms with van der Waals surface area (Å²) in [7, 11) is 0. The summed E-state index contributed by atoms with van der Waals surface area (Å²) >= 11 is 1.63. The normalized spacial score (nSPS) is 12.4. The highest BCUT2D eigenvalue weighted by Gasteiger charge is 2.12. The maximum absolute atomic E-state index is 13.4. The van der Waals surface area contributed by atoms with E-state index in [4.69, 9.17) is 4.74 Å². The van der Waals surface area contributed by atoms with E-state index in [9.17, 15) is 4.39 Å².